The Morgan fingerprint density at radius 2 is 2.18 bits per heavy atom. The number of anilines is 1. The highest BCUT2D eigenvalue weighted by atomic mass is 16.6. The number of nitro groups is 1. The van der Waals surface area contributed by atoms with Crippen LogP contribution in [0, 0.1) is 10.1 Å². The number of aryl methyl sites for hydroxylation is 1. The summed E-state index contributed by atoms with van der Waals surface area (Å²) in [5.74, 6) is 0.700. The van der Waals surface area contributed by atoms with Gasteiger partial charge in [-0.15, -0.1) is 0 Å². The maximum absolute atomic E-state index is 10.8. The topological polar surface area (TPSA) is 73.0 Å². The predicted molar refractivity (Wildman–Crippen MR) is 63.6 cm³/mol. The molecule has 0 atom stereocenters. The number of nitro benzene ring substituents is 1. The second kappa shape index (κ2) is 4.65. The van der Waals surface area contributed by atoms with Gasteiger partial charge in [-0.3, -0.25) is 14.8 Å². The third kappa shape index (κ3) is 2.60. The van der Waals surface area contributed by atoms with Gasteiger partial charge in [0.05, 0.1) is 4.92 Å². The third-order valence-corrected chi connectivity index (χ3v) is 2.36. The van der Waals surface area contributed by atoms with E-state index >= 15 is 0 Å². The van der Waals surface area contributed by atoms with Crippen molar-refractivity contribution in [3.8, 4) is 0 Å². The Morgan fingerprint density at radius 3 is 2.82 bits per heavy atom. The Hall–Kier alpha value is -2.37. The van der Waals surface area contributed by atoms with Crippen LogP contribution in [-0.4, -0.2) is 14.7 Å². The molecule has 0 spiro atoms. The van der Waals surface area contributed by atoms with Gasteiger partial charge in [-0.05, 0) is 0 Å². The van der Waals surface area contributed by atoms with Crippen molar-refractivity contribution in [2.24, 2.45) is 7.05 Å². The number of benzene rings is 1. The molecular weight excluding hydrogens is 220 g/mol. The number of hydrogen-bond acceptors (Lipinski definition) is 4. The molecule has 88 valence electrons. The number of nitrogens with one attached hydrogen (secondary N) is 1. The van der Waals surface area contributed by atoms with E-state index < -0.39 is 0 Å². The Morgan fingerprint density at radius 1 is 1.41 bits per heavy atom. The number of nitrogens with zero attached hydrogens (tertiary/aromatic N) is 3. The van der Waals surface area contributed by atoms with Crippen molar-refractivity contribution in [2.45, 2.75) is 6.54 Å². The van der Waals surface area contributed by atoms with E-state index in [-0.39, 0.29) is 10.6 Å². The fourth-order valence-electron chi connectivity index (χ4n) is 1.53. The Balaban J connectivity index is 2.11. The van der Waals surface area contributed by atoms with Crippen LogP contribution in [0.2, 0.25) is 0 Å². The van der Waals surface area contributed by atoms with Gasteiger partial charge in [0.1, 0.15) is 5.82 Å². The molecule has 0 fully saturated rings. The van der Waals surface area contributed by atoms with Gasteiger partial charge in [0.2, 0.25) is 0 Å². The summed E-state index contributed by atoms with van der Waals surface area (Å²) in [4.78, 5) is 10.4. The van der Waals surface area contributed by atoms with E-state index in [1.807, 2.05) is 19.3 Å². The Bertz CT molecular complexity index is 536. The number of para-hydroxylation sites is 1. The summed E-state index contributed by atoms with van der Waals surface area (Å²) in [5.41, 5.74) is 0.763. The average molecular weight is 232 g/mol. The summed E-state index contributed by atoms with van der Waals surface area (Å²) in [6.07, 6.45) is 1.81. The molecule has 17 heavy (non-hydrogen) atoms. The maximum atomic E-state index is 10.8. The van der Waals surface area contributed by atoms with Gasteiger partial charge < -0.3 is 5.32 Å². The van der Waals surface area contributed by atoms with Crippen LogP contribution < -0.4 is 5.32 Å². The highest BCUT2D eigenvalue weighted by molar-refractivity contribution is 5.43. The van der Waals surface area contributed by atoms with E-state index in [0.29, 0.717) is 17.9 Å². The molecule has 1 N–H and O–H groups in total. The summed E-state index contributed by atoms with van der Waals surface area (Å²) in [6, 6.07) is 8.48. The first-order valence-electron chi connectivity index (χ1n) is 5.12. The molecule has 0 radical (unpaired) electrons. The highest BCUT2D eigenvalue weighted by Crippen LogP contribution is 2.18. The fourth-order valence-corrected chi connectivity index (χ4v) is 1.53. The van der Waals surface area contributed by atoms with Crippen molar-refractivity contribution >= 4 is 11.5 Å². The lowest BCUT2D eigenvalue weighted by atomic mass is 10.2. The van der Waals surface area contributed by atoms with E-state index in [4.69, 9.17) is 0 Å². The lowest BCUT2D eigenvalue weighted by Gasteiger charge is -2.03. The molecule has 0 aliphatic rings. The molecular formula is C11H12N4O2. The van der Waals surface area contributed by atoms with Crippen LogP contribution in [-0.2, 0) is 13.6 Å². The molecule has 1 heterocycles. The third-order valence-electron chi connectivity index (χ3n) is 2.36. The lowest BCUT2D eigenvalue weighted by molar-refractivity contribution is -0.385. The monoisotopic (exact) mass is 232 g/mol. The molecule has 6 heteroatoms. The van der Waals surface area contributed by atoms with Crippen molar-refractivity contribution in [3.05, 3.63) is 52.2 Å². The minimum atomic E-state index is -0.380. The van der Waals surface area contributed by atoms with Gasteiger partial charge in [0.25, 0.3) is 5.69 Å². The van der Waals surface area contributed by atoms with E-state index in [1.165, 1.54) is 6.07 Å². The van der Waals surface area contributed by atoms with Crippen LogP contribution in [0.4, 0.5) is 11.5 Å². The fraction of sp³-hybridized carbons (Fsp3) is 0.182. The van der Waals surface area contributed by atoms with Gasteiger partial charge in [0.15, 0.2) is 0 Å². The van der Waals surface area contributed by atoms with Crippen molar-refractivity contribution in [3.63, 3.8) is 0 Å². The molecule has 0 aliphatic carbocycles. The van der Waals surface area contributed by atoms with E-state index in [9.17, 15) is 10.1 Å². The summed E-state index contributed by atoms with van der Waals surface area (Å²) in [7, 11) is 1.82. The van der Waals surface area contributed by atoms with Crippen molar-refractivity contribution < 1.29 is 4.92 Å². The molecule has 0 unspecified atom stereocenters. The van der Waals surface area contributed by atoms with Crippen LogP contribution in [0.3, 0.4) is 0 Å². The molecule has 2 aromatic rings. The summed E-state index contributed by atoms with van der Waals surface area (Å²) in [5, 5.41) is 18.0. The smallest absolute Gasteiger partial charge is 0.274 e. The first-order chi connectivity index (χ1) is 8.16. The minimum Gasteiger partial charge on any atom is -0.364 e. The number of aromatic nitrogens is 2. The zero-order valence-electron chi connectivity index (χ0n) is 9.33. The predicted octanol–water partition coefficient (Wildman–Crippen LogP) is 1.94. The molecule has 2 rings (SSSR count). The largest absolute Gasteiger partial charge is 0.364 e. The van der Waals surface area contributed by atoms with E-state index in [0.717, 1.165) is 0 Å². The van der Waals surface area contributed by atoms with Crippen LogP contribution in [0.25, 0.3) is 0 Å². The molecule has 0 aliphatic heterocycles. The minimum absolute atomic E-state index is 0.121. The van der Waals surface area contributed by atoms with Crippen molar-refractivity contribution in [1.82, 2.24) is 9.78 Å². The Labute approximate surface area is 98.0 Å². The van der Waals surface area contributed by atoms with Gasteiger partial charge in [0, 0.05) is 37.5 Å². The molecule has 1 aromatic carbocycles. The van der Waals surface area contributed by atoms with Crippen LogP contribution in [0.1, 0.15) is 5.56 Å². The van der Waals surface area contributed by atoms with Crippen LogP contribution in [0.5, 0.6) is 0 Å². The second-order valence-corrected chi connectivity index (χ2v) is 3.61. The first-order valence-corrected chi connectivity index (χ1v) is 5.12. The summed E-state index contributed by atoms with van der Waals surface area (Å²) >= 11 is 0. The van der Waals surface area contributed by atoms with Gasteiger partial charge in [-0.1, -0.05) is 18.2 Å². The number of rotatable bonds is 4. The molecule has 6 nitrogen and oxygen atoms in total. The van der Waals surface area contributed by atoms with E-state index in [2.05, 4.69) is 10.4 Å². The quantitative estimate of drug-likeness (QED) is 0.645. The van der Waals surface area contributed by atoms with E-state index in [1.54, 1.807) is 22.9 Å². The SMILES string of the molecule is Cn1ccc(NCc2ccccc2[N+](=O)[O-])n1. The van der Waals surface area contributed by atoms with Crippen molar-refractivity contribution in [1.29, 1.82) is 0 Å². The zero-order valence-corrected chi connectivity index (χ0v) is 9.33. The van der Waals surface area contributed by atoms with Gasteiger partial charge in [-0.25, -0.2) is 0 Å². The normalized spacial score (nSPS) is 10.2. The molecule has 0 saturated carbocycles. The lowest BCUT2D eigenvalue weighted by Crippen LogP contribution is -2.03. The second-order valence-electron chi connectivity index (χ2n) is 3.61. The molecule has 0 amide bonds. The number of hydrogen-bond donors (Lipinski definition) is 1. The van der Waals surface area contributed by atoms with Crippen LogP contribution in [0.15, 0.2) is 36.5 Å². The summed E-state index contributed by atoms with van der Waals surface area (Å²) in [6.45, 7) is 0.383. The van der Waals surface area contributed by atoms with Gasteiger partial charge in [-0.2, -0.15) is 5.10 Å². The average Bonchev–Trinajstić information content (AvgIpc) is 2.73. The first kappa shape index (κ1) is 11.1. The summed E-state index contributed by atoms with van der Waals surface area (Å²) < 4.78 is 1.67. The molecule has 0 bridgehead atoms. The maximum Gasteiger partial charge on any atom is 0.274 e. The highest BCUT2D eigenvalue weighted by Gasteiger charge is 2.11. The molecule has 1 aromatic heterocycles. The van der Waals surface area contributed by atoms with Crippen molar-refractivity contribution in [2.75, 3.05) is 5.32 Å². The zero-order chi connectivity index (χ0) is 12.3. The Kier molecular flexibility index (Phi) is 3.04. The van der Waals surface area contributed by atoms with Gasteiger partial charge >= 0.3 is 0 Å². The van der Waals surface area contributed by atoms with Crippen LogP contribution >= 0.6 is 0 Å². The molecule has 0 saturated heterocycles. The standard InChI is InChI=1S/C11H12N4O2/c1-14-7-6-11(13-14)12-8-9-4-2-3-5-10(9)15(16)17/h2-7H,8H2,1H3,(H,12,13).